The number of nitro groups is 1. The lowest BCUT2D eigenvalue weighted by molar-refractivity contribution is -0.385. The molecule has 0 bridgehead atoms. The van der Waals surface area contributed by atoms with Gasteiger partial charge in [0.1, 0.15) is 11.4 Å². The van der Waals surface area contributed by atoms with Crippen LogP contribution in [0.5, 0.6) is 0 Å². The Morgan fingerprint density at radius 1 is 1.13 bits per heavy atom. The molecule has 1 aliphatic rings. The van der Waals surface area contributed by atoms with E-state index in [2.05, 4.69) is 10.3 Å². The molecule has 0 saturated carbocycles. The van der Waals surface area contributed by atoms with Crippen molar-refractivity contribution in [2.24, 2.45) is 0 Å². The fraction of sp³-hybridized carbons (Fsp3) is 0.346. The van der Waals surface area contributed by atoms with Gasteiger partial charge in [0.2, 0.25) is 5.91 Å². The van der Waals surface area contributed by atoms with E-state index in [1.807, 2.05) is 11.5 Å². The van der Waals surface area contributed by atoms with Gasteiger partial charge < -0.3 is 14.8 Å². The maximum Gasteiger partial charge on any atom is 0.282 e. The Bertz CT molecular complexity index is 1460. The van der Waals surface area contributed by atoms with E-state index in [9.17, 15) is 28.1 Å². The van der Waals surface area contributed by atoms with Crippen molar-refractivity contribution in [1.82, 2.24) is 14.5 Å². The average molecular weight is 540 g/mol. The molecule has 2 aromatic carbocycles. The number of rotatable bonds is 8. The third-order valence-corrected chi connectivity index (χ3v) is 8.33. The summed E-state index contributed by atoms with van der Waals surface area (Å²) >= 11 is 0. The third kappa shape index (κ3) is 6.08. The lowest BCUT2D eigenvalue weighted by Crippen LogP contribution is -2.38. The first-order valence-corrected chi connectivity index (χ1v) is 13.9. The highest BCUT2D eigenvalue weighted by Crippen LogP contribution is 2.30. The van der Waals surface area contributed by atoms with Crippen LogP contribution in [0, 0.1) is 17.0 Å². The summed E-state index contributed by atoms with van der Waals surface area (Å²) in [6.07, 6.45) is 4.55. The summed E-state index contributed by atoms with van der Waals surface area (Å²) in [5.74, 6) is -0.118. The van der Waals surface area contributed by atoms with E-state index in [1.54, 1.807) is 41.6 Å². The van der Waals surface area contributed by atoms with Gasteiger partial charge in [0.25, 0.3) is 11.6 Å². The first-order chi connectivity index (χ1) is 18.0. The molecule has 2 amide bonds. The van der Waals surface area contributed by atoms with E-state index in [1.165, 1.54) is 25.1 Å². The molecule has 1 fully saturated rings. The number of amides is 2. The van der Waals surface area contributed by atoms with Crippen molar-refractivity contribution in [3.63, 3.8) is 0 Å². The Morgan fingerprint density at radius 3 is 2.45 bits per heavy atom. The van der Waals surface area contributed by atoms with Crippen molar-refractivity contribution in [3.8, 4) is 0 Å². The molecule has 1 saturated heterocycles. The second-order valence-corrected chi connectivity index (χ2v) is 11.5. The minimum Gasteiger partial charge on any atom is -0.338 e. The molecule has 0 atom stereocenters. The minimum atomic E-state index is -3.46. The molecule has 12 heteroatoms. The van der Waals surface area contributed by atoms with Gasteiger partial charge in [-0.1, -0.05) is 17.7 Å². The zero-order chi connectivity index (χ0) is 27.4. The number of anilines is 1. The van der Waals surface area contributed by atoms with Crippen LogP contribution >= 0.6 is 0 Å². The lowest BCUT2D eigenvalue weighted by atomic mass is 9.95. The van der Waals surface area contributed by atoms with Crippen molar-refractivity contribution >= 4 is 33.0 Å². The monoisotopic (exact) mass is 539 g/mol. The molecule has 0 aliphatic carbocycles. The Kier molecular flexibility index (Phi) is 7.91. The van der Waals surface area contributed by atoms with Crippen LogP contribution in [0.1, 0.15) is 47.4 Å². The number of carbonyl (C=O) groups excluding carboxylic acids is 2. The standard InChI is InChI=1S/C26H29N5O6S/c1-18-3-6-22(7-4-18)38(36,37)16-15-29-14-11-27-25(29)20-9-12-30(13-10-20)26(33)23-17-21(28-19(2)32)5-8-24(23)31(34)35/h3-8,11,14,17,20H,9-10,12-13,15-16H2,1-2H3,(H,28,32). The number of aryl methyl sites for hydroxylation is 2. The highest BCUT2D eigenvalue weighted by Gasteiger charge is 2.30. The van der Waals surface area contributed by atoms with Gasteiger partial charge >= 0.3 is 0 Å². The summed E-state index contributed by atoms with van der Waals surface area (Å²) in [4.78, 5) is 41.8. The lowest BCUT2D eigenvalue weighted by Gasteiger charge is -2.32. The summed E-state index contributed by atoms with van der Waals surface area (Å²) in [5, 5.41) is 14.1. The summed E-state index contributed by atoms with van der Waals surface area (Å²) in [6, 6.07) is 10.7. The van der Waals surface area contributed by atoms with E-state index in [0.717, 1.165) is 11.4 Å². The molecule has 3 aromatic rings. The van der Waals surface area contributed by atoms with E-state index >= 15 is 0 Å². The first kappa shape index (κ1) is 27.0. The Labute approximate surface area is 220 Å². The smallest absolute Gasteiger partial charge is 0.282 e. The number of imidazole rings is 1. The molecule has 2 heterocycles. The van der Waals surface area contributed by atoms with Crippen LogP contribution in [-0.4, -0.2) is 58.4 Å². The largest absolute Gasteiger partial charge is 0.338 e. The van der Waals surface area contributed by atoms with Crippen molar-refractivity contribution in [1.29, 1.82) is 0 Å². The van der Waals surface area contributed by atoms with E-state index in [4.69, 9.17) is 0 Å². The number of carbonyl (C=O) groups is 2. The van der Waals surface area contributed by atoms with Crippen LogP contribution in [0.3, 0.4) is 0 Å². The molecule has 11 nitrogen and oxygen atoms in total. The highest BCUT2D eigenvalue weighted by atomic mass is 32.2. The average Bonchev–Trinajstić information content (AvgIpc) is 3.36. The molecule has 0 spiro atoms. The maximum atomic E-state index is 13.2. The molecule has 1 N–H and O–H groups in total. The van der Waals surface area contributed by atoms with Crippen LogP contribution in [0.2, 0.25) is 0 Å². The van der Waals surface area contributed by atoms with Gasteiger partial charge in [0.05, 0.1) is 15.6 Å². The number of aromatic nitrogens is 2. The Morgan fingerprint density at radius 2 is 1.82 bits per heavy atom. The third-order valence-electron chi connectivity index (χ3n) is 6.62. The van der Waals surface area contributed by atoms with E-state index in [-0.39, 0.29) is 40.3 Å². The summed E-state index contributed by atoms with van der Waals surface area (Å²) in [6.45, 7) is 4.19. The van der Waals surface area contributed by atoms with E-state index in [0.29, 0.717) is 31.6 Å². The molecule has 200 valence electrons. The number of nitro benzene ring substituents is 1. The highest BCUT2D eigenvalue weighted by molar-refractivity contribution is 7.91. The predicted octanol–water partition coefficient (Wildman–Crippen LogP) is 3.55. The molecular weight excluding hydrogens is 510 g/mol. The van der Waals surface area contributed by atoms with Crippen molar-refractivity contribution in [2.75, 3.05) is 24.2 Å². The number of hydrogen-bond donors (Lipinski definition) is 1. The van der Waals surface area contributed by atoms with Gasteiger partial charge in [0.15, 0.2) is 9.84 Å². The molecule has 0 unspecified atom stereocenters. The minimum absolute atomic E-state index is 0.0110. The van der Waals surface area contributed by atoms with Gasteiger partial charge in [-0.25, -0.2) is 13.4 Å². The SMILES string of the molecule is CC(=O)Nc1ccc([N+](=O)[O-])c(C(=O)N2CCC(c3nccn3CCS(=O)(=O)c3ccc(C)cc3)CC2)c1. The Hall–Kier alpha value is -4.06. The maximum absolute atomic E-state index is 13.2. The summed E-state index contributed by atoms with van der Waals surface area (Å²) in [7, 11) is -3.46. The molecule has 0 radical (unpaired) electrons. The molecule has 1 aliphatic heterocycles. The summed E-state index contributed by atoms with van der Waals surface area (Å²) in [5.41, 5.74) is 0.892. The quantitative estimate of drug-likeness (QED) is 0.340. The molecule has 4 rings (SSSR count). The number of benzene rings is 2. The van der Waals surface area contributed by atoms with Crippen LogP contribution < -0.4 is 5.32 Å². The molecule has 38 heavy (non-hydrogen) atoms. The number of nitrogens with one attached hydrogen (secondary N) is 1. The fourth-order valence-electron chi connectivity index (χ4n) is 4.61. The zero-order valence-electron chi connectivity index (χ0n) is 21.2. The predicted molar refractivity (Wildman–Crippen MR) is 141 cm³/mol. The van der Waals surface area contributed by atoms with Crippen LogP contribution in [0.15, 0.2) is 59.8 Å². The van der Waals surface area contributed by atoms with Crippen LogP contribution in [0.4, 0.5) is 11.4 Å². The number of nitrogens with zero attached hydrogens (tertiary/aromatic N) is 4. The van der Waals surface area contributed by atoms with Crippen molar-refractivity contribution in [3.05, 3.63) is 81.9 Å². The number of hydrogen-bond acceptors (Lipinski definition) is 7. The van der Waals surface area contributed by atoms with Crippen molar-refractivity contribution in [2.45, 2.75) is 44.0 Å². The normalized spacial score (nSPS) is 14.3. The zero-order valence-corrected chi connectivity index (χ0v) is 22.0. The topological polar surface area (TPSA) is 145 Å². The molecule has 1 aromatic heterocycles. The number of piperidine rings is 1. The fourth-order valence-corrected chi connectivity index (χ4v) is 5.83. The Balaban J connectivity index is 1.42. The van der Waals surface area contributed by atoms with Crippen molar-refractivity contribution < 1.29 is 22.9 Å². The summed E-state index contributed by atoms with van der Waals surface area (Å²) < 4.78 is 27.4. The van der Waals surface area contributed by atoms with Gasteiger partial charge in [-0.15, -0.1) is 0 Å². The van der Waals surface area contributed by atoms with Gasteiger partial charge in [0, 0.05) is 56.6 Å². The van der Waals surface area contributed by atoms with E-state index < -0.39 is 20.7 Å². The van der Waals surface area contributed by atoms with Gasteiger partial charge in [-0.05, 0) is 44.0 Å². The molecular formula is C26H29N5O6S. The first-order valence-electron chi connectivity index (χ1n) is 12.2. The second kappa shape index (κ2) is 11.1. The number of sulfone groups is 1. The second-order valence-electron chi connectivity index (χ2n) is 9.35. The van der Waals surface area contributed by atoms with Crippen LogP contribution in [0.25, 0.3) is 0 Å². The van der Waals surface area contributed by atoms with Gasteiger partial charge in [-0.2, -0.15) is 0 Å². The van der Waals surface area contributed by atoms with Gasteiger partial charge in [-0.3, -0.25) is 19.7 Å². The number of likely N-dealkylation sites (tertiary alicyclic amines) is 1. The van der Waals surface area contributed by atoms with Crippen LogP contribution in [-0.2, 0) is 21.2 Å².